The van der Waals surface area contributed by atoms with E-state index in [4.69, 9.17) is 23.1 Å². The van der Waals surface area contributed by atoms with Gasteiger partial charge in [-0.3, -0.25) is 4.57 Å². The molecule has 3 aromatic rings. The van der Waals surface area contributed by atoms with E-state index in [1.165, 1.54) is 12.4 Å². The molecular formula is C13H10ClFN4. The molecule has 0 saturated carbocycles. The largest absolute Gasteiger partial charge is 0.397 e. The average Bonchev–Trinajstić information content (AvgIpc) is 2.81. The first-order chi connectivity index (χ1) is 9.09. The Balaban J connectivity index is 2.36. The monoisotopic (exact) mass is 276 g/mol. The van der Waals surface area contributed by atoms with Gasteiger partial charge in [-0.15, -0.1) is 0 Å². The third kappa shape index (κ3) is 1.70. The second kappa shape index (κ2) is 4.13. The Morgan fingerprint density at radius 1 is 1.16 bits per heavy atom. The van der Waals surface area contributed by atoms with Crippen LogP contribution >= 0.6 is 11.6 Å². The first-order valence-electron chi connectivity index (χ1n) is 5.55. The van der Waals surface area contributed by atoms with Gasteiger partial charge in [0.05, 0.1) is 22.4 Å². The highest BCUT2D eigenvalue weighted by Gasteiger charge is 2.17. The van der Waals surface area contributed by atoms with Crippen molar-refractivity contribution >= 4 is 34.0 Å². The van der Waals surface area contributed by atoms with E-state index in [0.717, 1.165) is 11.0 Å². The van der Waals surface area contributed by atoms with Crippen molar-refractivity contribution < 1.29 is 4.39 Å². The Bertz CT molecular complexity index is 782. The fourth-order valence-electron chi connectivity index (χ4n) is 2.04. The molecule has 1 heterocycles. The van der Waals surface area contributed by atoms with Crippen molar-refractivity contribution in [3.8, 4) is 5.69 Å². The van der Waals surface area contributed by atoms with Crippen molar-refractivity contribution in [3.05, 3.63) is 47.5 Å². The molecule has 0 saturated heterocycles. The van der Waals surface area contributed by atoms with E-state index in [0.29, 0.717) is 0 Å². The molecule has 0 fully saturated rings. The fourth-order valence-corrected chi connectivity index (χ4v) is 2.18. The van der Waals surface area contributed by atoms with Gasteiger partial charge in [0.2, 0.25) is 0 Å². The summed E-state index contributed by atoms with van der Waals surface area (Å²) < 4.78 is 15.8. The van der Waals surface area contributed by atoms with Crippen LogP contribution in [0.1, 0.15) is 0 Å². The number of aromatic nitrogens is 2. The topological polar surface area (TPSA) is 69.9 Å². The summed E-state index contributed by atoms with van der Waals surface area (Å²) >= 11 is 5.83. The Labute approximate surface area is 113 Å². The van der Waals surface area contributed by atoms with Crippen LogP contribution in [0.4, 0.5) is 15.8 Å². The lowest BCUT2D eigenvalue weighted by atomic mass is 10.2. The van der Waals surface area contributed by atoms with Gasteiger partial charge in [0.25, 0.3) is 0 Å². The molecule has 0 atom stereocenters. The fraction of sp³-hybridized carbons (Fsp3) is 0. The summed E-state index contributed by atoms with van der Waals surface area (Å²) in [4.78, 5) is 4.20. The van der Waals surface area contributed by atoms with Crippen LogP contribution in [0.3, 0.4) is 0 Å². The van der Waals surface area contributed by atoms with Crippen LogP contribution in [0.25, 0.3) is 16.7 Å². The minimum absolute atomic E-state index is 0.116. The number of hydrogen-bond donors (Lipinski definition) is 2. The normalized spacial score (nSPS) is 11.1. The average molecular weight is 277 g/mol. The number of nitrogens with zero attached hydrogens (tertiary/aromatic N) is 2. The van der Waals surface area contributed by atoms with Gasteiger partial charge in [0, 0.05) is 0 Å². The van der Waals surface area contributed by atoms with Gasteiger partial charge >= 0.3 is 0 Å². The van der Waals surface area contributed by atoms with Crippen molar-refractivity contribution in [2.75, 3.05) is 11.5 Å². The van der Waals surface area contributed by atoms with Crippen LogP contribution in [-0.4, -0.2) is 9.55 Å². The number of nitrogens with two attached hydrogens (primary N) is 2. The van der Waals surface area contributed by atoms with E-state index in [9.17, 15) is 4.39 Å². The molecule has 0 spiro atoms. The van der Waals surface area contributed by atoms with E-state index in [2.05, 4.69) is 4.98 Å². The second-order valence-electron chi connectivity index (χ2n) is 4.13. The first-order valence-corrected chi connectivity index (χ1v) is 5.93. The quantitative estimate of drug-likeness (QED) is 0.671. The predicted octanol–water partition coefficient (Wildman–Crippen LogP) is 2.98. The summed E-state index contributed by atoms with van der Waals surface area (Å²) in [6.07, 6.45) is 1.51. The summed E-state index contributed by atoms with van der Waals surface area (Å²) in [6, 6.07) is 8.79. The van der Waals surface area contributed by atoms with E-state index in [-0.39, 0.29) is 22.1 Å². The van der Waals surface area contributed by atoms with Gasteiger partial charge in [-0.05, 0) is 18.2 Å². The number of rotatable bonds is 1. The number of anilines is 2. The third-order valence-electron chi connectivity index (χ3n) is 2.93. The molecule has 0 bridgehead atoms. The highest BCUT2D eigenvalue weighted by molar-refractivity contribution is 6.33. The number of para-hydroxylation sites is 2. The van der Waals surface area contributed by atoms with Crippen molar-refractivity contribution in [3.63, 3.8) is 0 Å². The van der Waals surface area contributed by atoms with Gasteiger partial charge in [-0.2, -0.15) is 0 Å². The molecular weight excluding hydrogens is 267 g/mol. The maximum absolute atomic E-state index is 14.3. The Morgan fingerprint density at radius 2 is 1.89 bits per heavy atom. The number of nitrogen functional groups attached to an aromatic ring is 2. The molecule has 0 aliphatic carbocycles. The first kappa shape index (κ1) is 11.8. The SMILES string of the molecule is Nc1cc(N)c(-n2cnc3ccccc32)c(F)c1Cl. The standard InChI is InChI=1S/C13H10ClFN4/c14-11-7(16)5-8(17)13(12(11)15)19-6-18-9-3-1-2-4-10(9)19/h1-6H,16-17H2. The molecule has 0 aliphatic heterocycles. The summed E-state index contributed by atoms with van der Waals surface area (Å²) in [6.45, 7) is 0. The van der Waals surface area contributed by atoms with Crippen LogP contribution < -0.4 is 11.5 Å². The summed E-state index contributed by atoms with van der Waals surface area (Å²) in [5, 5.41) is -0.137. The van der Waals surface area contributed by atoms with Gasteiger partial charge in [0.1, 0.15) is 17.0 Å². The van der Waals surface area contributed by atoms with Crippen LogP contribution in [0.5, 0.6) is 0 Å². The molecule has 0 amide bonds. The zero-order valence-corrected chi connectivity index (χ0v) is 10.5. The number of hydrogen-bond acceptors (Lipinski definition) is 3. The molecule has 1 aromatic heterocycles. The molecule has 4 N–H and O–H groups in total. The molecule has 3 rings (SSSR count). The second-order valence-corrected chi connectivity index (χ2v) is 4.51. The van der Waals surface area contributed by atoms with E-state index in [1.54, 1.807) is 4.57 Å². The van der Waals surface area contributed by atoms with E-state index in [1.807, 2.05) is 24.3 Å². The Hall–Kier alpha value is -2.27. The lowest BCUT2D eigenvalue weighted by Gasteiger charge is -2.12. The zero-order chi connectivity index (χ0) is 13.6. The van der Waals surface area contributed by atoms with Gasteiger partial charge in [-0.25, -0.2) is 9.37 Å². The minimum Gasteiger partial charge on any atom is -0.397 e. The molecule has 6 heteroatoms. The molecule has 0 aliphatic rings. The van der Waals surface area contributed by atoms with E-state index < -0.39 is 5.82 Å². The third-order valence-corrected chi connectivity index (χ3v) is 3.32. The Kier molecular flexibility index (Phi) is 2.57. The number of halogens is 2. The lowest BCUT2D eigenvalue weighted by molar-refractivity contribution is 0.621. The molecule has 0 radical (unpaired) electrons. The van der Waals surface area contributed by atoms with Gasteiger partial charge in [0.15, 0.2) is 5.82 Å². The number of imidazole rings is 1. The van der Waals surface area contributed by atoms with Gasteiger partial charge in [-0.1, -0.05) is 23.7 Å². The smallest absolute Gasteiger partial charge is 0.170 e. The molecule has 4 nitrogen and oxygen atoms in total. The molecule has 19 heavy (non-hydrogen) atoms. The van der Waals surface area contributed by atoms with Crippen LogP contribution in [0, 0.1) is 5.82 Å². The number of fused-ring (bicyclic) bond motifs is 1. The lowest BCUT2D eigenvalue weighted by Crippen LogP contribution is -2.04. The maximum atomic E-state index is 14.3. The van der Waals surface area contributed by atoms with Gasteiger partial charge < -0.3 is 11.5 Å². The maximum Gasteiger partial charge on any atom is 0.170 e. The summed E-state index contributed by atoms with van der Waals surface area (Å²) in [5.74, 6) is -0.651. The van der Waals surface area contributed by atoms with Crippen LogP contribution in [0.15, 0.2) is 36.7 Å². The van der Waals surface area contributed by atoms with Crippen LogP contribution in [-0.2, 0) is 0 Å². The van der Waals surface area contributed by atoms with Crippen molar-refractivity contribution in [2.24, 2.45) is 0 Å². The van der Waals surface area contributed by atoms with Crippen molar-refractivity contribution in [2.45, 2.75) is 0 Å². The van der Waals surface area contributed by atoms with Crippen LogP contribution in [0.2, 0.25) is 5.02 Å². The molecule has 2 aromatic carbocycles. The van der Waals surface area contributed by atoms with Crippen molar-refractivity contribution in [1.29, 1.82) is 0 Å². The predicted molar refractivity (Wildman–Crippen MR) is 74.9 cm³/mol. The minimum atomic E-state index is -0.651. The Morgan fingerprint density at radius 3 is 2.68 bits per heavy atom. The molecule has 0 unspecified atom stereocenters. The van der Waals surface area contributed by atoms with E-state index >= 15 is 0 Å². The zero-order valence-electron chi connectivity index (χ0n) is 9.77. The van der Waals surface area contributed by atoms with Crippen molar-refractivity contribution in [1.82, 2.24) is 9.55 Å². The summed E-state index contributed by atoms with van der Waals surface area (Å²) in [5.41, 5.74) is 13.4. The number of benzene rings is 2. The highest BCUT2D eigenvalue weighted by Crippen LogP contribution is 2.33. The highest BCUT2D eigenvalue weighted by atomic mass is 35.5. The molecule has 96 valence electrons. The summed E-state index contributed by atoms with van der Waals surface area (Å²) in [7, 11) is 0.